The van der Waals surface area contributed by atoms with Gasteiger partial charge in [0.05, 0.1) is 17.3 Å². The summed E-state index contributed by atoms with van der Waals surface area (Å²) in [6.45, 7) is 6.59. The number of rotatable bonds is 8. The zero-order chi connectivity index (χ0) is 21.9. The second-order valence-corrected chi connectivity index (χ2v) is 9.84. The topological polar surface area (TPSA) is 54.9 Å². The summed E-state index contributed by atoms with van der Waals surface area (Å²) < 4.78 is 11.8. The van der Waals surface area contributed by atoms with Gasteiger partial charge < -0.3 is 14.4 Å². The molecule has 0 aliphatic carbocycles. The number of benzene rings is 2. The van der Waals surface area contributed by atoms with Crippen molar-refractivity contribution in [3.63, 3.8) is 0 Å². The van der Waals surface area contributed by atoms with Gasteiger partial charge in [-0.2, -0.15) is 0 Å². The van der Waals surface area contributed by atoms with E-state index in [9.17, 15) is 4.79 Å². The Bertz CT molecular complexity index is 1020. The summed E-state index contributed by atoms with van der Waals surface area (Å²) in [5, 5.41) is 0.683. The van der Waals surface area contributed by atoms with Gasteiger partial charge in [-0.05, 0) is 54.6 Å². The number of para-hydroxylation sites is 1. The number of aromatic nitrogens is 1. The van der Waals surface area contributed by atoms with Crippen LogP contribution in [0.1, 0.15) is 18.4 Å². The van der Waals surface area contributed by atoms with Gasteiger partial charge in [0, 0.05) is 39.1 Å². The predicted molar refractivity (Wildman–Crippen MR) is 126 cm³/mol. The Morgan fingerprint density at radius 1 is 1.03 bits per heavy atom. The van der Waals surface area contributed by atoms with Crippen LogP contribution in [0.25, 0.3) is 10.2 Å². The molecule has 2 aromatic carbocycles. The molecular formula is C25H29N3O3S. The molecule has 6 nitrogen and oxygen atoms in total. The van der Waals surface area contributed by atoms with E-state index in [1.807, 2.05) is 30.3 Å². The molecule has 0 N–H and O–H groups in total. The molecule has 0 bridgehead atoms. The van der Waals surface area contributed by atoms with E-state index < -0.39 is 0 Å². The Balaban J connectivity index is 1.09. The van der Waals surface area contributed by atoms with Crippen LogP contribution in [0.2, 0.25) is 0 Å². The summed E-state index contributed by atoms with van der Waals surface area (Å²) in [6, 6.07) is 16.5. The number of esters is 1. The van der Waals surface area contributed by atoms with Crippen molar-refractivity contribution < 1.29 is 14.3 Å². The molecule has 3 aromatic rings. The Morgan fingerprint density at radius 2 is 1.75 bits per heavy atom. The van der Waals surface area contributed by atoms with E-state index in [0.29, 0.717) is 11.6 Å². The normalized spacial score (nSPS) is 21.2. The van der Waals surface area contributed by atoms with Crippen molar-refractivity contribution in [1.29, 1.82) is 0 Å². The van der Waals surface area contributed by atoms with E-state index in [4.69, 9.17) is 9.47 Å². The molecule has 2 saturated heterocycles. The summed E-state index contributed by atoms with van der Waals surface area (Å²) in [5.74, 6) is 2.21. The van der Waals surface area contributed by atoms with Crippen LogP contribution in [0.3, 0.4) is 0 Å². The van der Waals surface area contributed by atoms with Crippen molar-refractivity contribution in [3.05, 3.63) is 54.1 Å². The molecule has 168 valence electrons. The second-order valence-electron chi connectivity index (χ2n) is 8.85. The van der Waals surface area contributed by atoms with Crippen molar-refractivity contribution >= 4 is 27.5 Å². The van der Waals surface area contributed by atoms with Crippen LogP contribution in [0.5, 0.6) is 10.9 Å². The zero-order valence-electron chi connectivity index (χ0n) is 18.4. The van der Waals surface area contributed by atoms with Crippen LogP contribution in [-0.4, -0.2) is 60.6 Å². The second kappa shape index (κ2) is 9.57. The van der Waals surface area contributed by atoms with Crippen LogP contribution < -0.4 is 4.74 Å². The lowest BCUT2D eigenvalue weighted by Crippen LogP contribution is -2.29. The SMILES string of the molecule is COC(=O)CCCN1CC2CN(Cc3ccc(Oc4nc5ccccc5s4)cc3)CC2C1. The first-order valence-electron chi connectivity index (χ1n) is 11.3. The number of likely N-dealkylation sites (tertiary alicyclic amines) is 2. The minimum atomic E-state index is -0.105. The molecule has 32 heavy (non-hydrogen) atoms. The molecule has 0 saturated carbocycles. The number of methoxy groups -OCH3 is 1. The van der Waals surface area contributed by atoms with Crippen molar-refractivity contribution in [2.75, 3.05) is 39.8 Å². The highest BCUT2D eigenvalue weighted by molar-refractivity contribution is 7.20. The third-order valence-corrected chi connectivity index (χ3v) is 7.44. The first kappa shape index (κ1) is 21.4. The van der Waals surface area contributed by atoms with Crippen LogP contribution in [-0.2, 0) is 16.1 Å². The Labute approximate surface area is 192 Å². The molecule has 3 heterocycles. The summed E-state index contributed by atoms with van der Waals surface area (Å²) in [5.41, 5.74) is 2.29. The predicted octanol–water partition coefficient (Wildman–Crippen LogP) is 4.41. The molecule has 2 unspecified atom stereocenters. The average Bonchev–Trinajstić information content (AvgIpc) is 3.47. The van der Waals surface area contributed by atoms with Gasteiger partial charge in [0.15, 0.2) is 0 Å². The average molecular weight is 452 g/mol. The van der Waals surface area contributed by atoms with E-state index in [1.165, 1.54) is 12.7 Å². The van der Waals surface area contributed by atoms with Gasteiger partial charge in [-0.25, -0.2) is 4.98 Å². The lowest BCUT2D eigenvalue weighted by molar-refractivity contribution is -0.140. The number of hydrogen-bond donors (Lipinski definition) is 0. The molecule has 2 aliphatic heterocycles. The van der Waals surface area contributed by atoms with Crippen LogP contribution in [0.15, 0.2) is 48.5 Å². The maximum absolute atomic E-state index is 11.3. The number of thiazole rings is 1. The summed E-state index contributed by atoms with van der Waals surface area (Å²) in [6.07, 6.45) is 1.41. The lowest BCUT2D eigenvalue weighted by Gasteiger charge is -2.21. The maximum atomic E-state index is 11.3. The number of carbonyl (C=O) groups excluding carboxylic acids is 1. The van der Waals surface area contributed by atoms with Gasteiger partial charge >= 0.3 is 5.97 Å². The largest absolute Gasteiger partial charge is 0.469 e. The third-order valence-electron chi connectivity index (χ3n) is 6.53. The Hall–Kier alpha value is -2.48. The highest BCUT2D eigenvalue weighted by Crippen LogP contribution is 2.33. The number of nitrogens with zero attached hydrogens (tertiary/aromatic N) is 3. The fraction of sp³-hybridized carbons (Fsp3) is 0.440. The Morgan fingerprint density at radius 3 is 2.47 bits per heavy atom. The molecule has 2 aliphatic rings. The first-order chi connectivity index (χ1) is 15.7. The van der Waals surface area contributed by atoms with Crippen molar-refractivity contribution in [3.8, 4) is 10.9 Å². The molecular weight excluding hydrogens is 422 g/mol. The summed E-state index contributed by atoms with van der Waals surface area (Å²) in [4.78, 5) is 20.9. The van der Waals surface area contributed by atoms with Gasteiger partial charge in [-0.3, -0.25) is 9.69 Å². The van der Waals surface area contributed by atoms with Gasteiger partial charge in [-0.1, -0.05) is 35.6 Å². The molecule has 2 fully saturated rings. The molecule has 0 spiro atoms. The van der Waals surface area contributed by atoms with E-state index in [-0.39, 0.29) is 5.97 Å². The van der Waals surface area contributed by atoms with Crippen LogP contribution >= 0.6 is 11.3 Å². The lowest BCUT2D eigenvalue weighted by atomic mass is 10.0. The van der Waals surface area contributed by atoms with Crippen molar-refractivity contribution in [2.45, 2.75) is 19.4 Å². The maximum Gasteiger partial charge on any atom is 0.305 e. The number of fused-ring (bicyclic) bond motifs is 2. The fourth-order valence-electron chi connectivity index (χ4n) is 4.96. The van der Waals surface area contributed by atoms with Crippen molar-refractivity contribution in [2.24, 2.45) is 11.8 Å². The zero-order valence-corrected chi connectivity index (χ0v) is 19.2. The third kappa shape index (κ3) is 4.95. The number of ether oxygens (including phenoxy) is 2. The first-order valence-corrected chi connectivity index (χ1v) is 12.1. The van der Waals surface area contributed by atoms with E-state index in [1.54, 1.807) is 11.3 Å². The molecule has 2 atom stereocenters. The van der Waals surface area contributed by atoms with Gasteiger partial charge in [0.2, 0.25) is 0 Å². The highest BCUT2D eigenvalue weighted by atomic mass is 32.1. The van der Waals surface area contributed by atoms with Gasteiger partial charge in [0.1, 0.15) is 5.75 Å². The summed E-state index contributed by atoms with van der Waals surface area (Å²) in [7, 11) is 1.46. The quantitative estimate of drug-likeness (QED) is 0.473. The van der Waals surface area contributed by atoms with Crippen LogP contribution in [0.4, 0.5) is 0 Å². The fourth-order valence-corrected chi connectivity index (χ4v) is 5.80. The van der Waals surface area contributed by atoms with E-state index >= 15 is 0 Å². The molecule has 7 heteroatoms. The molecule has 1 aromatic heterocycles. The Kier molecular flexibility index (Phi) is 6.39. The van der Waals surface area contributed by atoms with Gasteiger partial charge in [-0.15, -0.1) is 0 Å². The van der Waals surface area contributed by atoms with Gasteiger partial charge in [0.25, 0.3) is 5.19 Å². The molecule has 0 radical (unpaired) electrons. The number of carbonyl (C=O) groups is 1. The smallest absolute Gasteiger partial charge is 0.305 e. The minimum Gasteiger partial charge on any atom is -0.469 e. The van der Waals surface area contributed by atoms with Crippen molar-refractivity contribution in [1.82, 2.24) is 14.8 Å². The standard InChI is InChI=1S/C25H29N3O3S/c1-30-24(29)7-4-12-27-14-19-16-28(17-20(19)15-27)13-18-8-10-21(11-9-18)31-25-26-22-5-2-3-6-23(22)32-25/h2-3,5-6,8-11,19-20H,4,7,12-17H2,1H3. The highest BCUT2D eigenvalue weighted by Gasteiger charge is 2.39. The minimum absolute atomic E-state index is 0.105. The molecule has 5 rings (SSSR count). The van der Waals surface area contributed by atoms with E-state index in [2.05, 4.69) is 33.0 Å². The summed E-state index contributed by atoms with van der Waals surface area (Å²) >= 11 is 1.57. The van der Waals surface area contributed by atoms with Crippen LogP contribution in [0, 0.1) is 11.8 Å². The molecule has 0 amide bonds. The monoisotopic (exact) mass is 451 g/mol. The number of hydrogen-bond acceptors (Lipinski definition) is 7. The van der Waals surface area contributed by atoms with E-state index in [0.717, 1.165) is 73.5 Å².